The predicted molar refractivity (Wildman–Crippen MR) is 117 cm³/mol. The van der Waals surface area contributed by atoms with Crippen molar-refractivity contribution in [2.24, 2.45) is 0 Å². The van der Waals surface area contributed by atoms with Crippen LogP contribution in [-0.4, -0.2) is 24.0 Å². The number of hydrogen-bond donors (Lipinski definition) is 2. The van der Waals surface area contributed by atoms with Crippen LogP contribution in [0.3, 0.4) is 0 Å². The molecule has 0 aliphatic heterocycles. The number of carbonyl (C=O) groups excluding carboxylic acids is 1. The number of rotatable bonds is 7. The molecule has 0 bridgehead atoms. The Morgan fingerprint density at radius 1 is 1.03 bits per heavy atom. The number of benzene rings is 3. The molecule has 3 aromatic carbocycles. The van der Waals surface area contributed by atoms with Crippen LogP contribution >= 0.6 is 0 Å². The molecule has 0 spiro atoms. The minimum atomic E-state index is -0.311. The van der Waals surface area contributed by atoms with Gasteiger partial charge in [0.15, 0.2) is 0 Å². The molecule has 0 unspecified atom stereocenters. The minimum absolute atomic E-state index is 0.122. The van der Waals surface area contributed by atoms with Crippen LogP contribution in [0.1, 0.15) is 11.3 Å². The van der Waals surface area contributed by atoms with Crippen LogP contribution in [0.2, 0.25) is 0 Å². The first-order valence-electron chi connectivity index (χ1n) is 9.92. The molecule has 1 aromatic heterocycles. The highest BCUT2D eigenvalue weighted by Crippen LogP contribution is 2.29. The highest BCUT2D eigenvalue weighted by atomic mass is 19.1. The summed E-state index contributed by atoms with van der Waals surface area (Å²) in [6, 6.07) is 22.4. The Morgan fingerprint density at radius 3 is 2.63 bits per heavy atom. The van der Waals surface area contributed by atoms with Crippen molar-refractivity contribution in [1.82, 2.24) is 10.3 Å². The Labute approximate surface area is 174 Å². The van der Waals surface area contributed by atoms with Gasteiger partial charge in [-0.05, 0) is 42.3 Å². The normalized spacial score (nSPS) is 10.9. The molecule has 0 aliphatic rings. The summed E-state index contributed by atoms with van der Waals surface area (Å²) in [5, 5.41) is 3.63. The molecular weight excluding hydrogens is 379 g/mol. The average Bonchev–Trinajstić information content (AvgIpc) is 3.06. The molecule has 4 rings (SSSR count). The topological polar surface area (TPSA) is 54.1 Å². The third-order valence-electron chi connectivity index (χ3n) is 5.07. The Hall–Kier alpha value is -3.60. The molecule has 0 aliphatic carbocycles. The van der Waals surface area contributed by atoms with Crippen molar-refractivity contribution in [2.45, 2.75) is 13.3 Å². The number of aryl methyl sites for hydroxylation is 1. The molecule has 1 amide bonds. The van der Waals surface area contributed by atoms with Gasteiger partial charge in [0.25, 0.3) is 0 Å². The fourth-order valence-corrected chi connectivity index (χ4v) is 3.61. The van der Waals surface area contributed by atoms with E-state index in [4.69, 9.17) is 4.74 Å². The third kappa shape index (κ3) is 4.35. The van der Waals surface area contributed by atoms with E-state index in [-0.39, 0.29) is 18.1 Å². The van der Waals surface area contributed by atoms with Gasteiger partial charge in [-0.15, -0.1) is 0 Å². The predicted octanol–water partition coefficient (Wildman–Crippen LogP) is 5.02. The van der Waals surface area contributed by atoms with Crippen molar-refractivity contribution in [2.75, 3.05) is 13.2 Å². The van der Waals surface area contributed by atoms with Gasteiger partial charge in [-0.3, -0.25) is 4.79 Å². The average molecular weight is 402 g/mol. The third-order valence-corrected chi connectivity index (χ3v) is 5.07. The van der Waals surface area contributed by atoms with E-state index in [0.717, 1.165) is 39.0 Å². The maximum absolute atomic E-state index is 13.6. The van der Waals surface area contributed by atoms with E-state index in [1.165, 1.54) is 12.1 Å². The summed E-state index contributed by atoms with van der Waals surface area (Å²) in [5.74, 6) is 0.345. The van der Waals surface area contributed by atoms with Crippen LogP contribution in [-0.2, 0) is 11.2 Å². The summed E-state index contributed by atoms with van der Waals surface area (Å²) in [6.07, 6.45) is 0.190. The van der Waals surface area contributed by atoms with Crippen molar-refractivity contribution >= 4 is 16.8 Å². The van der Waals surface area contributed by atoms with E-state index in [2.05, 4.69) is 10.3 Å². The van der Waals surface area contributed by atoms with E-state index in [9.17, 15) is 9.18 Å². The van der Waals surface area contributed by atoms with E-state index in [0.29, 0.717) is 13.2 Å². The zero-order chi connectivity index (χ0) is 20.9. The fraction of sp³-hybridized carbons (Fsp3) is 0.160. The number of amides is 1. The summed E-state index contributed by atoms with van der Waals surface area (Å²) in [4.78, 5) is 15.6. The molecule has 4 nitrogen and oxygen atoms in total. The number of hydrogen-bond acceptors (Lipinski definition) is 2. The van der Waals surface area contributed by atoms with Gasteiger partial charge < -0.3 is 15.0 Å². The van der Waals surface area contributed by atoms with Gasteiger partial charge in [-0.25, -0.2) is 4.39 Å². The molecule has 152 valence electrons. The highest BCUT2D eigenvalue weighted by Gasteiger charge is 2.13. The molecule has 30 heavy (non-hydrogen) atoms. The lowest BCUT2D eigenvalue weighted by Crippen LogP contribution is -2.29. The molecule has 0 atom stereocenters. The fourth-order valence-electron chi connectivity index (χ4n) is 3.61. The van der Waals surface area contributed by atoms with Crippen LogP contribution in [0.15, 0.2) is 72.8 Å². The molecule has 2 N–H and O–H groups in total. The second kappa shape index (κ2) is 8.82. The van der Waals surface area contributed by atoms with Crippen molar-refractivity contribution < 1.29 is 13.9 Å². The Morgan fingerprint density at radius 2 is 1.80 bits per heavy atom. The zero-order valence-corrected chi connectivity index (χ0v) is 16.7. The van der Waals surface area contributed by atoms with Gasteiger partial charge in [0, 0.05) is 22.2 Å². The van der Waals surface area contributed by atoms with Crippen molar-refractivity contribution in [3.05, 3.63) is 89.9 Å². The first-order chi connectivity index (χ1) is 14.6. The van der Waals surface area contributed by atoms with E-state index >= 15 is 0 Å². The van der Waals surface area contributed by atoms with Gasteiger partial charge in [0.1, 0.15) is 18.2 Å². The number of H-pyrrole nitrogens is 1. The largest absolute Gasteiger partial charge is 0.491 e. The molecular formula is C25H23FN2O2. The van der Waals surface area contributed by atoms with E-state index in [1.54, 1.807) is 6.07 Å². The van der Waals surface area contributed by atoms with Gasteiger partial charge in [-0.1, -0.05) is 48.5 Å². The number of halogens is 1. The summed E-state index contributed by atoms with van der Waals surface area (Å²) in [6.45, 7) is 2.64. The standard InChI is InChI=1S/C25H23FN2O2/c1-17-21(22-15-19(26)11-12-23(22)28-17)16-25(29)27-13-14-30-24-10-6-5-9-20(24)18-7-3-2-4-8-18/h2-12,15,28H,13-14,16H2,1H3,(H,27,29). The molecule has 1 heterocycles. The lowest BCUT2D eigenvalue weighted by atomic mass is 10.1. The summed E-state index contributed by atoms with van der Waals surface area (Å²) < 4.78 is 19.5. The smallest absolute Gasteiger partial charge is 0.224 e. The number of fused-ring (bicyclic) bond motifs is 1. The summed E-state index contributed by atoms with van der Waals surface area (Å²) in [5.41, 5.74) is 4.62. The highest BCUT2D eigenvalue weighted by molar-refractivity contribution is 5.90. The molecule has 0 fully saturated rings. The number of carbonyl (C=O) groups is 1. The van der Waals surface area contributed by atoms with Crippen LogP contribution in [0.25, 0.3) is 22.0 Å². The minimum Gasteiger partial charge on any atom is -0.491 e. The molecule has 4 aromatic rings. The van der Waals surface area contributed by atoms with E-state index in [1.807, 2.05) is 61.5 Å². The second-order valence-electron chi connectivity index (χ2n) is 7.16. The first kappa shape index (κ1) is 19.7. The number of aromatic amines is 1. The summed E-state index contributed by atoms with van der Waals surface area (Å²) >= 11 is 0. The SMILES string of the molecule is Cc1[nH]c2ccc(F)cc2c1CC(=O)NCCOc1ccccc1-c1ccccc1. The molecule has 0 radical (unpaired) electrons. The molecule has 0 saturated heterocycles. The Kier molecular flexibility index (Phi) is 5.80. The maximum atomic E-state index is 13.6. The maximum Gasteiger partial charge on any atom is 0.224 e. The number of ether oxygens (including phenoxy) is 1. The number of nitrogens with one attached hydrogen (secondary N) is 2. The van der Waals surface area contributed by atoms with Crippen LogP contribution < -0.4 is 10.1 Å². The number of aromatic nitrogens is 1. The summed E-state index contributed by atoms with van der Waals surface area (Å²) in [7, 11) is 0. The van der Waals surface area contributed by atoms with Gasteiger partial charge >= 0.3 is 0 Å². The van der Waals surface area contributed by atoms with Gasteiger partial charge in [-0.2, -0.15) is 0 Å². The van der Waals surface area contributed by atoms with Crippen LogP contribution in [0, 0.1) is 12.7 Å². The van der Waals surface area contributed by atoms with Crippen molar-refractivity contribution in [3.63, 3.8) is 0 Å². The molecule has 5 heteroatoms. The quantitative estimate of drug-likeness (QED) is 0.427. The van der Waals surface area contributed by atoms with Gasteiger partial charge in [0.05, 0.1) is 13.0 Å². The van der Waals surface area contributed by atoms with E-state index < -0.39 is 0 Å². The molecule has 0 saturated carbocycles. The van der Waals surface area contributed by atoms with Crippen molar-refractivity contribution in [1.29, 1.82) is 0 Å². The monoisotopic (exact) mass is 402 g/mol. The van der Waals surface area contributed by atoms with Crippen molar-refractivity contribution in [3.8, 4) is 16.9 Å². The Balaban J connectivity index is 1.35. The first-order valence-corrected chi connectivity index (χ1v) is 9.92. The van der Waals surface area contributed by atoms with Crippen LogP contribution in [0.4, 0.5) is 4.39 Å². The van der Waals surface area contributed by atoms with Gasteiger partial charge in [0.2, 0.25) is 5.91 Å². The van der Waals surface area contributed by atoms with Crippen LogP contribution in [0.5, 0.6) is 5.75 Å². The number of para-hydroxylation sites is 1. The lowest BCUT2D eigenvalue weighted by Gasteiger charge is -2.12. The zero-order valence-electron chi connectivity index (χ0n) is 16.7. The second-order valence-corrected chi connectivity index (χ2v) is 7.16. The Bertz CT molecular complexity index is 1170. The lowest BCUT2D eigenvalue weighted by molar-refractivity contribution is -0.120.